The number of aromatic amines is 1. The summed E-state index contributed by atoms with van der Waals surface area (Å²) in [6.07, 6.45) is 1.47. The van der Waals surface area contributed by atoms with Crippen LogP contribution in [-0.2, 0) is 0 Å². The van der Waals surface area contributed by atoms with Crippen molar-refractivity contribution in [1.29, 1.82) is 0 Å². The smallest absolute Gasteiger partial charge is 0.280 e. The van der Waals surface area contributed by atoms with E-state index < -0.39 is 4.92 Å². The Morgan fingerprint density at radius 3 is 2.87 bits per heavy atom. The van der Waals surface area contributed by atoms with E-state index in [9.17, 15) is 10.1 Å². The zero-order valence-corrected chi connectivity index (χ0v) is 12.8. The van der Waals surface area contributed by atoms with Crippen LogP contribution in [0.25, 0.3) is 11.3 Å². The molecule has 0 bridgehead atoms. The van der Waals surface area contributed by atoms with Gasteiger partial charge in [0.15, 0.2) is 0 Å². The predicted molar refractivity (Wildman–Crippen MR) is 85.9 cm³/mol. The van der Waals surface area contributed by atoms with Gasteiger partial charge >= 0.3 is 0 Å². The topological polar surface area (TPSA) is 102 Å². The van der Waals surface area contributed by atoms with Gasteiger partial charge < -0.3 is 4.42 Å². The highest BCUT2D eigenvalue weighted by Gasteiger charge is 2.16. The molecule has 9 heteroatoms. The van der Waals surface area contributed by atoms with Crippen molar-refractivity contribution in [2.75, 3.05) is 0 Å². The predicted octanol–water partition coefficient (Wildman–Crippen LogP) is 3.30. The van der Waals surface area contributed by atoms with Gasteiger partial charge in [-0.05, 0) is 37.3 Å². The number of nitro benzene ring substituents is 1. The fourth-order valence-corrected chi connectivity index (χ4v) is 2.25. The lowest BCUT2D eigenvalue weighted by atomic mass is 10.1. The molecule has 1 N–H and O–H groups in total. The molecule has 116 valence electrons. The van der Waals surface area contributed by atoms with Gasteiger partial charge in [-0.1, -0.05) is 12.1 Å². The highest BCUT2D eigenvalue weighted by atomic mass is 32.1. The van der Waals surface area contributed by atoms with E-state index in [0.29, 0.717) is 27.7 Å². The number of aromatic nitrogens is 3. The molecule has 2 heterocycles. The second-order valence-corrected chi connectivity index (χ2v) is 5.00. The first-order valence-corrected chi connectivity index (χ1v) is 6.99. The lowest BCUT2D eigenvalue weighted by Gasteiger charge is -1.98. The molecule has 0 spiro atoms. The summed E-state index contributed by atoms with van der Waals surface area (Å²) in [7, 11) is 0. The van der Waals surface area contributed by atoms with Crippen LogP contribution in [0.5, 0.6) is 0 Å². The standard InChI is InChI=1S/C14H11N5O3S/c1-9-16-17-14(23)18(9)15-8-10-6-7-13(22-10)11-4-2-3-5-12(11)19(20)21/h2-8H,1H3,(H,17,23)/b15-8-. The number of para-hydroxylation sites is 1. The minimum absolute atomic E-state index is 0.0155. The van der Waals surface area contributed by atoms with E-state index in [1.54, 1.807) is 37.3 Å². The summed E-state index contributed by atoms with van der Waals surface area (Å²) in [4.78, 5) is 10.6. The van der Waals surface area contributed by atoms with E-state index in [2.05, 4.69) is 15.3 Å². The van der Waals surface area contributed by atoms with E-state index >= 15 is 0 Å². The number of nitrogens with zero attached hydrogens (tertiary/aromatic N) is 4. The minimum Gasteiger partial charge on any atom is -0.455 e. The number of aryl methyl sites for hydroxylation is 1. The van der Waals surface area contributed by atoms with Crippen LogP contribution in [-0.4, -0.2) is 26.0 Å². The molecule has 0 fully saturated rings. The number of furan rings is 1. The van der Waals surface area contributed by atoms with E-state index in [4.69, 9.17) is 16.6 Å². The molecule has 0 saturated carbocycles. The van der Waals surface area contributed by atoms with E-state index in [1.165, 1.54) is 17.0 Å². The van der Waals surface area contributed by atoms with Crippen LogP contribution < -0.4 is 0 Å². The summed E-state index contributed by atoms with van der Waals surface area (Å²) in [5.41, 5.74) is 0.395. The molecular formula is C14H11N5O3S. The van der Waals surface area contributed by atoms with Crippen LogP contribution in [0.4, 0.5) is 5.69 Å². The molecule has 0 saturated heterocycles. The number of hydrogen-bond acceptors (Lipinski definition) is 6. The highest BCUT2D eigenvalue weighted by molar-refractivity contribution is 7.71. The van der Waals surface area contributed by atoms with Crippen molar-refractivity contribution in [3.05, 3.63) is 62.9 Å². The molecule has 0 atom stereocenters. The van der Waals surface area contributed by atoms with Crippen LogP contribution in [0.15, 0.2) is 45.9 Å². The Balaban J connectivity index is 1.93. The van der Waals surface area contributed by atoms with Gasteiger partial charge in [0.1, 0.15) is 17.3 Å². The van der Waals surface area contributed by atoms with Crippen molar-refractivity contribution in [2.24, 2.45) is 5.10 Å². The van der Waals surface area contributed by atoms with Gasteiger partial charge in [-0.15, -0.1) is 0 Å². The molecule has 3 rings (SSSR count). The van der Waals surface area contributed by atoms with Crippen LogP contribution >= 0.6 is 12.2 Å². The quantitative estimate of drug-likeness (QED) is 0.342. The molecule has 2 aromatic heterocycles. The number of hydrogen-bond donors (Lipinski definition) is 1. The number of nitrogens with one attached hydrogen (secondary N) is 1. The van der Waals surface area contributed by atoms with Crippen LogP contribution in [0.2, 0.25) is 0 Å². The maximum absolute atomic E-state index is 11.1. The Morgan fingerprint density at radius 2 is 2.17 bits per heavy atom. The number of H-pyrrole nitrogens is 1. The van der Waals surface area contributed by atoms with Gasteiger partial charge in [0.25, 0.3) is 5.69 Å². The first-order chi connectivity index (χ1) is 11.1. The molecule has 0 aliphatic carbocycles. The molecular weight excluding hydrogens is 318 g/mol. The maximum Gasteiger partial charge on any atom is 0.280 e. The molecule has 3 aromatic rings. The Kier molecular flexibility index (Phi) is 3.85. The Labute approximate surface area is 135 Å². The lowest BCUT2D eigenvalue weighted by molar-refractivity contribution is -0.384. The molecule has 0 amide bonds. The Morgan fingerprint density at radius 1 is 1.39 bits per heavy atom. The zero-order valence-electron chi connectivity index (χ0n) is 12.0. The molecule has 0 aliphatic heterocycles. The van der Waals surface area contributed by atoms with Crippen molar-refractivity contribution in [3.63, 3.8) is 0 Å². The van der Waals surface area contributed by atoms with Gasteiger partial charge in [0, 0.05) is 6.07 Å². The van der Waals surface area contributed by atoms with Crippen molar-refractivity contribution in [1.82, 2.24) is 14.9 Å². The number of rotatable bonds is 4. The fraction of sp³-hybridized carbons (Fsp3) is 0.0714. The fourth-order valence-electron chi connectivity index (χ4n) is 2.03. The molecule has 0 aliphatic rings. The average Bonchev–Trinajstić information content (AvgIpc) is 3.13. The second-order valence-electron chi connectivity index (χ2n) is 4.61. The van der Waals surface area contributed by atoms with Gasteiger partial charge in [-0.3, -0.25) is 15.2 Å². The number of nitro groups is 1. The molecule has 8 nitrogen and oxygen atoms in total. The van der Waals surface area contributed by atoms with E-state index in [-0.39, 0.29) is 5.69 Å². The third-order valence-corrected chi connectivity index (χ3v) is 3.37. The first-order valence-electron chi connectivity index (χ1n) is 6.58. The van der Waals surface area contributed by atoms with Crippen LogP contribution in [0, 0.1) is 21.8 Å². The normalized spacial score (nSPS) is 11.2. The second kappa shape index (κ2) is 5.97. The molecule has 23 heavy (non-hydrogen) atoms. The average molecular weight is 329 g/mol. The summed E-state index contributed by atoms with van der Waals surface area (Å²) in [5, 5.41) is 21.8. The Hall–Kier alpha value is -3.07. The van der Waals surface area contributed by atoms with Crippen LogP contribution in [0.1, 0.15) is 11.6 Å². The highest BCUT2D eigenvalue weighted by Crippen LogP contribution is 2.30. The summed E-state index contributed by atoms with van der Waals surface area (Å²) >= 11 is 5.04. The largest absolute Gasteiger partial charge is 0.455 e. The van der Waals surface area contributed by atoms with Gasteiger partial charge in [0.2, 0.25) is 4.77 Å². The molecule has 0 radical (unpaired) electrons. The summed E-state index contributed by atoms with van der Waals surface area (Å²) in [5.74, 6) is 1.45. The SMILES string of the molecule is Cc1n[nH]c(=S)n1/N=C\c1ccc(-c2ccccc2[N+](=O)[O-])o1. The van der Waals surface area contributed by atoms with Gasteiger partial charge in [-0.25, -0.2) is 0 Å². The summed E-state index contributed by atoms with van der Waals surface area (Å²) in [6, 6.07) is 9.72. The van der Waals surface area contributed by atoms with Crippen molar-refractivity contribution < 1.29 is 9.34 Å². The third kappa shape index (κ3) is 2.94. The number of benzene rings is 1. The maximum atomic E-state index is 11.1. The first kappa shape index (κ1) is 14.9. The van der Waals surface area contributed by atoms with E-state index in [0.717, 1.165) is 0 Å². The van der Waals surface area contributed by atoms with Gasteiger partial charge in [-0.2, -0.15) is 14.9 Å². The monoisotopic (exact) mass is 329 g/mol. The van der Waals surface area contributed by atoms with Crippen LogP contribution in [0.3, 0.4) is 0 Å². The molecule has 0 unspecified atom stereocenters. The zero-order chi connectivity index (χ0) is 16.4. The van der Waals surface area contributed by atoms with Crippen molar-refractivity contribution in [2.45, 2.75) is 6.92 Å². The van der Waals surface area contributed by atoms with Crippen molar-refractivity contribution in [3.8, 4) is 11.3 Å². The minimum atomic E-state index is -0.445. The summed E-state index contributed by atoms with van der Waals surface area (Å²) < 4.78 is 7.42. The lowest BCUT2D eigenvalue weighted by Crippen LogP contribution is -1.93. The van der Waals surface area contributed by atoms with Gasteiger partial charge in [0.05, 0.1) is 16.7 Å². The molecule has 1 aromatic carbocycles. The third-order valence-electron chi connectivity index (χ3n) is 3.11. The van der Waals surface area contributed by atoms with Crippen molar-refractivity contribution >= 4 is 24.1 Å². The Bertz CT molecular complexity index is 953. The van der Waals surface area contributed by atoms with E-state index in [1.807, 2.05) is 0 Å². The summed E-state index contributed by atoms with van der Waals surface area (Å²) in [6.45, 7) is 1.75.